The van der Waals surface area contributed by atoms with Gasteiger partial charge in [0.25, 0.3) is 0 Å². The molecule has 0 aliphatic heterocycles. The molecule has 0 unspecified atom stereocenters. The van der Waals surface area contributed by atoms with E-state index in [2.05, 4.69) is 36.2 Å². The monoisotopic (exact) mass is 267 g/mol. The van der Waals surface area contributed by atoms with E-state index in [9.17, 15) is 0 Å². The Morgan fingerprint density at radius 1 is 1.20 bits per heavy atom. The Morgan fingerprint density at radius 3 is 2.40 bits per heavy atom. The molecule has 1 N–H and O–H groups in total. The van der Waals surface area contributed by atoms with Crippen LogP contribution in [0.5, 0.6) is 0 Å². The van der Waals surface area contributed by atoms with Gasteiger partial charge in [-0.05, 0) is 0 Å². The molecule has 1 aromatic carbocycles. The second-order valence-corrected chi connectivity index (χ2v) is 5.83. The summed E-state index contributed by atoms with van der Waals surface area (Å²) in [4.78, 5) is 4.50. The Morgan fingerprint density at radius 2 is 1.87 bits per heavy atom. The fraction of sp³-hybridized carbons (Fsp3) is 0.250. The molecule has 1 aromatic heterocycles. The minimum atomic E-state index is 0.144. The van der Waals surface area contributed by atoms with Crippen LogP contribution >= 0.6 is 0 Å². The zero-order chi connectivity index (χ0) is 10.8. The Kier molecular flexibility index (Phi) is 3.05. The van der Waals surface area contributed by atoms with Crippen LogP contribution < -0.4 is 0 Å². The van der Waals surface area contributed by atoms with Crippen LogP contribution in [0.25, 0.3) is 10.1 Å². The van der Waals surface area contributed by atoms with E-state index in [0.29, 0.717) is 0 Å². The molecule has 0 spiro atoms. The molecule has 0 aliphatic carbocycles. The van der Waals surface area contributed by atoms with E-state index in [1.807, 2.05) is 6.92 Å². The molecule has 0 atom stereocenters. The summed E-state index contributed by atoms with van der Waals surface area (Å²) in [5, 5.41) is 9.13. The van der Waals surface area contributed by atoms with Crippen LogP contribution in [0.15, 0.2) is 24.3 Å². The van der Waals surface area contributed by atoms with Crippen LogP contribution in [0, 0.1) is 13.8 Å². The number of nitrogens with zero attached hydrogens (tertiary/aromatic N) is 1. The predicted molar refractivity (Wildman–Crippen MR) is 62.0 cm³/mol. The molecular formula is C12H13NOSe. The molecule has 0 fully saturated rings. The Balaban J connectivity index is 2.41. The molecule has 0 saturated heterocycles. The first-order valence-electron chi connectivity index (χ1n) is 4.85. The summed E-state index contributed by atoms with van der Waals surface area (Å²) in [5.74, 6) is 0. The van der Waals surface area contributed by atoms with Crippen molar-refractivity contribution in [2.75, 3.05) is 0 Å². The molecule has 3 heteroatoms. The average Bonchev–Trinajstić information content (AvgIpc) is 2.61. The summed E-state index contributed by atoms with van der Waals surface area (Å²) in [6.45, 7) is 4.19. The minimum absolute atomic E-state index is 0.144. The standard InChI is InChI=1S/C12H13NOSe/c1-8-3-5-10(6-4-8)12-13-9(2)11(7-14)15-12/h3-6,14H,7H2,1-2H3. The van der Waals surface area contributed by atoms with Gasteiger partial charge >= 0.3 is 95.1 Å². The summed E-state index contributed by atoms with van der Waals surface area (Å²) in [6, 6.07) is 8.40. The van der Waals surface area contributed by atoms with Gasteiger partial charge in [-0.2, -0.15) is 0 Å². The van der Waals surface area contributed by atoms with E-state index >= 15 is 0 Å². The summed E-state index contributed by atoms with van der Waals surface area (Å²) < 4.78 is 2.22. The zero-order valence-electron chi connectivity index (χ0n) is 8.82. The molecule has 2 rings (SSSR count). The number of aryl methyl sites for hydroxylation is 2. The van der Waals surface area contributed by atoms with Gasteiger partial charge in [0.2, 0.25) is 0 Å². The molecule has 1 heterocycles. The second-order valence-electron chi connectivity index (χ2n) is 3.55. The quantitative estimate of drug-likeness (QED) is 0.842. The Labute approximate surface area is 95.4 Å². The van der Waals surface area contributed by atoms with Gasteiger partial charge < -0.3 is 0 Å². The molecule has 0 aliphatic rings. The molecule has 78 valence electrons. The SMILES string of the molecule is Cc1ccc(-c2nc(C)c(CO)[se]2)cc1. The molecular weight excluding hydrogens is 253 g/mol. The average molecular weight is 266 g/mol. The molecule has 0 saturated carbocycles. The predicted octanol–water partition coefficient (Wildman–Crippen LogP) is 1.91. The fourth-order valence-electron chi connectivity index (χ4n) is 1.39. The number of hydrogen-bond acceptors (Lipinski definition) is 2. The van der Waals surface area contributed by atoms with E-state index in [1.54, 1.807) is 0 Å². The number of aromatic nitrogens is 1. The van der Waals surface area contributed by atoms with Crippen LogP contribution in [0.4, 0.5) is 0 Å². The molecule has 0 radical (unpaired) electrons. The normalized spacial score (nSPS) is 10.6. The van der Waals surface area contributed by atoms with Crippen molar-refractivity contribution in [3.05, 3.63) is 40.0 Å². The van der Waals surface area contributed by atoms with E-state index in [0.717, 1.165) is 14.7 Å². The molecule has 2 nitrogen and oxygen atoms in total. The maximum absolute atomic E-state index is 9.13. The summed E-state index contributed by atoms with van der Waals surface area (Å²) >= 11 is 0.202. The number of rotatable bonds is 2. The van der Waals surface area contributed by atoms with Crippen molar-refractivity contribution in [1.29, 1.82) is 0 Å². The van der Waals surface area contributed by atoms with Crippen molar-refractivity contribution in [2.24, 2.45) is 0 Å². The number of hydrogen-bond donors (Lipinski definition) is 1. The third kappa shape index (κ3) is 2.20. The number of aliphatic hydroxyl groups excluding tert-OH is 1. The van der Waals surface area contributed by atoms with Crippen molar-refractivity contribution in [3.8, 4) is 10.1 Å². The van der Waals surface area contributed by atoms with Gasteiger partial charge in [0.05, 0.1) is 0 Å². The Bertz CT molecular complexity index is 459. The Hall–Kier alpha value is -0.891. The first kappa shape index (κ1) is 10.6. The third-order valence-electron chi connectivity index (χ3n) is 2.33. The fourth-order valence-corrected chi connectivity index (χ4v) is 3.34. The van der Waals surface area contributed by atoms with E-state index in [4.69, 9.17) is 5.11 Å². The van der Waals surface area contributed by atoms with E-state index in [-0.39, 0.29) is 21.1 Å². The molecule has 2 aromatic rings. The third-order valence-corrected chi connectivity index (χ3v) is 4.83. The van der Waals surface area contributed by atoms with Crippen LogP contribution in [-0.2, 0) is 6.61 Å². The van der Waals surface area contributed by atoms with Crippen molar-refractivity contribution in [2.45, 2.75) is 20.5 Å². The van der Waals surface area contributed by atoms with Gasteiger partial charge in [0.15, 0.2) is 0 Å². The van der Waals surface area contributed by atoms with Crippen molar-refractivity contribution >= 4 is 14.5 Å². The van der Waals surface area contributed by atoms with E-state index in [1.165, 1.54) is 11.1 Å². The van der Waals surface area contributed by atoms with Gasteiger partial charge in [0.1, 0.15) is 0 Å². The molecule has 15 heavy (non-hydrogen) atoms. The van der Waals surface area contributed by atoms with Gasteiger partial charge in [0, 0.05) is 0 Å². The maximum atomic E-state index is 9.13. The first-order valence-corrected chi connectivity index (χ1v) is 6.56. The van der Waals surface area contributed by atoms with Crippen LogP contribution in [0.3, 0.4) is 0 Å². The number of aliphatic hydroxyl groups is 1. The zero-order valence-corrected chi connectivity index (χ0v) is 10.5. The topological polar surface area (TPSA) is 33.1 Å². The summed E-state index contributed by atoms with van der Waals surface area (Å²) in [7, 11) is 0. The van der Waals surface area contributed by atoms with Gasteiger partial charge in [-0.15, -0.1) is 0 Å². The van der Waals surface area contributed by atoms with Gasteiger partial charge in [-0.25, -0.2) is 0 Å². The first-order chi connectivity index (χ1) is 7.20. The van der Waals surface area contributed by atoms with Gasteiger partial charge in [-0.1, -0.05) is 0 Å². The second kappa shape index (κ2) is 4.31. The van der Waals surface area contributed by atoms with Crippen LogP contribution in [-0.4, -0.2) is 24.6 Å². The summed E-state index contributed by atoms with van der Waals surface area (Å²) in [6.07, 6.45) is 0. The van der Waals surface area contributed by atoms with E-state index < -0.39 is 0 Å². The van der Waals surface area contributed by atoms with Crippen molar-refractivity contribution in [3.63, 3.8) is 0 Å². The summed E-state index contributed by atoms with van der Waals surface area (Å²) in [5.41, 5.74) is 3.44. The van der Waals surface area contributed by atoms with Crippen LogP contribution in [0.2, 0.25) is 0 Å². The van der Waals surface area contributed by atoms with Crippen molar-refractivity contribution in [1.82, 2.24) is 4.98 Å². The van der Waals surface area contributed by atoms with Crippen LogP contribution in [0.1, 0.15) is 15.7 Å². The number of benzene rings is 1. The molecule has 0 amide bonds. The molecule has 0 bridgehead atoms. The van der Waals surface area contributed by atoms with Crippen molar-refractivity contribution < 1.29 is 5.11 Å². The van der Waals surface area contributed by atoms with Gasteiger partial charge in [-0.3, -0.25) is 0 Å².